The number of aliphatic hydroxyl groups excluding tert-OH is 2. The fourth-order valence-electron chi connectivity index (χ4n) is 9.08. The molecule has 6 heteroatoms. The van der Waals surface area contributed by atoms with E-state index in [1.165, 1.54) is 218 Å². The summed E-state index contributed by atoms with van der Waals surface area (Å²) >= 11 is 0. The molecule has 0 fully saturated rings. The van der Waals surface area contributed by atoms with Crippen LogP contribution in [0.3, 0.4) is 0 Å². The van der Waals surface area contributed by atoms with Crippen LogP contribution < -0.4 is 5.32 Å². The third-order valence-corrected chi connectivity index (χ3v) is 13.7. The topological polar surface area (TPSA) is 95.9 Å². The molecule has 394 valence electrons. The summed E-state index contributed by atoms with van der Waals surface area (Å²) in [6.07, 6.45) is 70.2. The summed E-state index contributed by atoms with van der Waals surface area (Å²) in [4.78, 5) is 24.5. The predicted molar refractivity (Wildman–Crippen MR) is 292 cm³/mol. The second kappa shape index (κ2) is 56.7. The van der Waals surface area contributed by atoms with E-state index in [-0.39, 0.29) is 18.5 Å². The van der Waals surface area contributed by atoms with Crippen molar-refractivity contribution in [1.82, 2.24) is 5.32 Å². The highest BCUT2D eigenvalue weighted by atomic mass is 16.5. The molecular formula is C61H115NO5. The van der Waals surface area contributed by atoms with Crippen LogP contribution in [0.5, 0.6) is 0 Å². The highest BCUT2D eigenvalue weighted by Gasteiger charge is 2.18. The molecule has 1 amide bonds. The lowest BCUT2D eigenvalue weighted by Crippen LogP contribution is -2.45. The molecule has 0 aromatic heterocycles. The third kappa shape index (κ3) is 53.3. The Hall–Kier alpha value is -1.92. The number of aliphatic hydroxyl groups is 2. The lowest BCUT2D eigenvalue weighted by Gasteiger charge is -2.20. The first-order valence-corrected chi connectivity index (χ1v) is 29.8. The summed E-state index contributed by atoms with van der Waals surface area (Å²) in [5, 5.41) is 23.2. The normalized spacial score (nSPS) is 12.8. The molecule has 0 rings (SSSR count). The number of hydrogen-bond acceptors (Lipinski definition) is 5. The fraction of sp³-hybridized carbons (Fsp3) is 0.869. The van der Waals surface area contributed by atoms with E-state index in [4.69, 9.17) is 4.74 Å². The molecule has 2 unspecified atom stereocenters. The Morgan fingerprint density at radius 1 is 0.418 bits per heavy atom. The van der Waals surface area contributed by atoms with Gasteiger partial charge in [-0.15, -0.1) is 0 Å². The van der Waals surface area contributed by atoms with E-state index < -0.39 is 12.1 Å². The molecule has 0 heterocycles. The number of ether oxygens (including phenoxy) is 1. The minimum absolute atomic E-state index is 0.0205. The van der Waals surface area contributed by atoms with Gasteiger partial charge in [0.2, 0.25) is 5.91 Å². The van der Waals surface area contributed by atoms with E-state index in [1.807, 2.05) is 6.08 Å². The van der Waals surface area contributed by atoms with Crippen molar-refractivity contribution in [3.8, 4) is 0 Å². The zero-order chi connectivity index (χ0) is 48.6. The van der Waals surface area contributed by atoms with Crippen molar-refractivity contribution >= 4 is 11.9 Å². The van der Waals surface area contributed by atoms with Gasteiger partial charge in [-0.2, -0.15) is 0 Å². The minimum atomic E-state index is -0.855. The molecule has 0 aromatic rings. The number of nitrogens with one attached hydrogen (secondary N) is 1. The van der Waals surface area contributed by atoms with E-state index in [0.29, 0.717) is 19.4 Å². The summed E-state index contributed by atoms with van der Waals surface area (Å²) in [5.41, 5.74) is 0. The summed E-state index contributed by atoms with van der Waals surface area (Å²) < 4.78 is 5.46. The van der Waals surface area contributed by atoms with Gasteiger partial charge in [-0.25, -0.2) is 0 Å². The van der Waals surface area contributed by atoms with Gasteiger partial charge in [0, 0.05) is 12.8 Å². The molecule has 3 N–H and O–H groups in total. The molecule has 0 saturated heterocycles. The molecule has 0 aliphatic carbocycles. The molecular weight excluding hydrogens is 827 g/mol. The van der Waals surface area contributed by atoms with Gasteiger partial charge in [0.25, 0.3) is 0 Å². The molecule has 0 spiro atoms. The van der Waals surface area contributed by atoms with Crippen LogP contribution in [-0.2, 0) is 14.3 Å². The molecule has 0 aliphatic heterocycles. The maximum absolute atomic E-state index is 12.5. The van der Waals surface area contributed by atoms with Crippen molar-refractivity contribution < 1.29 is 24.5 Å². The third-order valence-electron chi connectivity index (χ3n) is 13.7. The molecule has 0 radical (unpaired) electrons. The smallest absolute Gasteiger partial charge is 0.305 e. The molecule has 67 heavy (non-hydrogen) atoms. The number of amides is 1. The molecule has 0 aromatic carbocycles. The molecule has 0 saturated carbocycles. The quantitative estimate of drug-likeness (QED) is 0.0321. The summed E-state index contributed by atoms with van der Waals surface area (Å²) in [6.45, 7) is 4.86. The van der Waals surface area contributed by atoms with Crippen molar-refractivity contribution in [3.05, 3.63) is 36.5 Å². The lowest BCUT2D eigenvalue weighted by atomic mass is 10.0. The van der Waals surface area contributed by atoms with Crippen LogP contribution in [0.4, 0.5) is 0 Å². The van der Waals surface area contributed by atoms with Crippen molar-refractivity contribution in [2.24, 2.45) is 0 Å². The van der Waals surface area contributed by atoms with Gasteiger partial charge < -0.3 is 20.3 Å². The predicted octanol–water partition coefficient (Wildman–Crippen LogP) is 18.4. The number of allylic oxidation sites excluding steroid dienone is 5. The Labute approximate surface area is 417 Å². The van der Waals surface area contributed by atoms with Crippen LogP contribution in [0, 0.1) is 0 Å². The zero-order valence-electron chi connectivity index (χ0n) is 44.9. The molecule has 0 aliphatic rings. The van der Waals surface area contributed by atoms with Gasteiger partial charge in [-0.1, -0.05) is 275 Å². The number of hydrogen-bond donors (Lipinski definition) is 3. The summed E-state index contributed by atoms with van der Waals surface area (Å²) in [6, 6.07) is -0.640. The second-order valence-corrected chi connectivity index (χ2v) is 20.3. The van der Waals surface area contributed by atoms with E-state index >= 15 is 0 Å². The van der Waals surface area contributed by atoms with E-state index in [9.17, 15) is 19.8 Å². The first-order chi connectivity index (χ1) is 33.0. The average molecular weight is 943 g/mol. The minimum Gasteiger partial charge on any atom is -0.466 e. The molecule has 6 nitrogen and oxygen atoms in total. The lowest BCUT2D eigenvalue weighted by molar-refractivity contribution is -0.143. The standard InChI is InChI=1S/C61H115NO5/c1-3-5-7-9-11-13-15-17-19-20-21-22-23-24-25-27-29-33-37-41-45-49-53-59(64)58(57-63)62-60(65)54-50-46-42-38-34-30-28-32-36-40-44-48-52-56-67-61(66)55-51-47-43-39-35-31-26-18-16-14-12-10-8-6-4-2/h12,14,18,26,49,53,58-59,63-64H,3-11,13,15-17,19-25,27-48,50-52,54-57H2,1-2H3,(H,62,65)/b14-12-,26-18-,53-49+. The van der Waals surface area contributed by atoms with Crippen LogP contribution >= 0.6 is 0 Å². The summed E-state index contributed by atoms with van der Waals surface area (Å²) in [7, 11) is 0. The van der Waals surface area contributed by atoms with Gasteiger partial charge >= 0.3 is 5.97 Å². The Kier molecular flexibility index (Phi) is 55.0. The van der Waals surface area contributed by atoms with Crippen LogP contribution in [0.2, 0.25) is 0 Å². The van der Waals surface area contributed by atoms with E-state index in [1.54, 1.807) is 6.08 Å². The monoisotopic (exact) mass is 942 g/mol. The number of unbranched alkanes of at least 4 members (excludes halogenated alkanes) is 40. The van der Waals surface area contributed by atoms with Crippen LogP contribution in [0.1, 0.15) is 316 Å². The summed E-state index contributed by atoms with van der Waals surface area (Å²) in [5.74, 6) is -0.0998. The van der Waals surface area contributed by atoms with Crippen LogP contribution in [-0.4, -0.2) is 47.4 Å². The van der Waals surface area contributed by atoms with Gasteiger partial charge in [-0.3, -0.25) is 9.59 Å². The Morgan fingerprint density at radius 2 is 0.746 bits per heavy atom. The highest BCUT2D eigenvalue weighted by molar-refractivity contribution is 5.76. The van der Waals surface area contributed by atoms with Gasteiger partial charge in [0.05, 0.1) is 25.4 Å². The first kappa shape index (κ1) is 65.1. The van der Waals surface area contributed by atoms with Crippen molar-refractivity contribution in [2.45, 2.75) is 328 Å². The van der Waals surface area contributed by atoms with Crippen LogP contribution in [0.25, 0.3) is 0 Å². The maximum Gasteiger partial charge on any atom is 0.305 e. The first-order valence-electron chi connectivity index (χ1n) is 29.8. The largest absolute Gasteiger partial charge is 0.466 e. The van der Waals surface area contributed by atoms with Crippen LogP contribution in [0.15, 0.2) is 36.5 Å². The van der Waals surface area contributed by atoms with E-state index in [0.717, 1.165) is 70.6 Å². The second-order valence-electron chi connectivity index (χ2n) is 20.3. The van der Waals surface area contributed by atoms with Gasteiger partial charge in [0.1, 0.15) is 0 Å². The fourth-order valence-corrected chi connectivity index (χ4v) is 9.08. The number of carbonyl (C=O) groups excluding carboxylic acids is 2. The van der Waals surface area contributed by atoms with Gasteiger partial charge in [-0.05, 0) is 64.2 Å². The SMILES string of the molecule is CCCCC/C=C\C/C=C\CCCCCCCC(=O)OCCCCCCCCCCCCCCCC(=O)NC(CO)C(O)/C=C/CCCCCCCCCCCCCCCCCCCCCC. The molecule has 0 bridgehead atoms. The Bertz CT molecular complexity index is 1090. The Balaban J connectivity index is 3.49. The Morgan fingerprint density at radius 3 is 1.16 bits per heavy atom. The number of rotatable bonds is 55. The van der Waals surface area contributed by atoms with Gasteiger partial charge in [0.15, 0.2) is 0 Å². The maximum atomic E-state index is 12.5. The number of carbonyl (C=O) groups is 2. The molecule has 2 atom stereocenters. The van der Waals surface area contributed by atoms with Crippen molar-refractivity contribution in [1.29, 1.82) is 0 Å². The van der Waals surface area contributed by atoms with Crippen molar-refractivity contribution in [3.63, 3.8) is 0 Å². The average Bonchev–Trinajstić information content (AvgIpc) is 3.33. The zero-order valence-corrected chi connectivity index (χ0v) is 44.9. The van der Waals surface area contributed by atoms with Crippen molar-refractivity contribution in [2.75, 3.05) is 13.2 Å². The number of esters is 1. The highest BCUT2D eigenvalue weighted by Crippen LogP contribution is 2.17. The van der Waals surface area contributed by atoms with E-state index in [2.05, 4.69) is 43.5 Å².